The highest BCUT2D eigenvalue weighted by atomic mass is 16.5. The molecule has 4 nitrogen and oxygen atoms in total. The molecule has 3 rings (SSSR count). The van der Waals surface area contributed by atoms with E-state index in [-0.39, 0.29) is 0 Å². The van der Waals surface area contributed by atoms with E-state index >= 15 is 0 Å². The van der Waals surface area contributed by atoms with Crippen LogP contribution in [0.4, 0.5) is 5.82 Å². The molecule has 21 heavy (non-hydrogen) atoms. The van der Waals surface area contributed by atoms with E-state index in [0.29, 0.717) is 11.9 Å². The summed E-state index contributed by atoms with van der Waals surface area (Å²) >= 11 is 0. The first kappa shape index (κ1) is 14.8. The fourth-order valence-electron chi connectivity index (χ4n) is 3.67. The van der Waals surface area contributed by atoms with E-state index < -0.39 is 0 Å². The number of pyridine rings is 1. The van der Waals surface area contributed by atoms with Gasteiger partial charge in [0, 0.05) is 25.3 Å². The van der Waals surface area contributed by atoms with Gasteiger partial charge in [-0.05, 0) is 43.4 Å². The van der Waals surface area contributed by atoms with Gasteiger partial charge in [0.05, 0.1) is 12.7 Å². The Bertz CT molecular complexity index is 445. The minimum atomic E-state index is 0.370. The molecule has 2 fully saturated rings. The number of nitrogens with two attached hydrogens (primary N) is 1. The zero-order valence-corrected chi connectivity index (χ0v) is 12.8. The number of hydrogen-bond acceptors (Lipinski definition) is 4. The van der Waals surface area contributed by atoms with Crippen LogP contribution in [0.1, 0.15) is 44.1 Å². The summed E-state index contributed by atoms with van der Waals surface area (Å²) in [5.74, 6) is 0.612. The Hall–Kier alpha value is -1.13. The zero-order valence-electron chi connectivity index (χ0n) is 12.8. The summed E-state index contributed by atoms with van der Waals surface area (Å²) in [4.78, 5) is 6.72. The maximum atomic E-state index is 5.96. The number of hydrogen-bond donors (Lipinski definition) is 1. The van der Waals surface area contributed by atoms with Crippen molar-refractivity contribution in [1.29, 1.82) is 0 Å². The van der Waals surface area contributed by atoms with Crippen molar-refractivity contribution < 1.29 is 4.74 Å². The van der Waals surface area contributed by atoms with Crippen LogP contribution in [0.3, 0.4) is 0 Å². The maximum Gasteiger partial charge on any atom is 0.123 e. The molecular weight excluding hydrogens is 262 g/mol. The minimum Gasteiger partial charge on any atom is -0.384 e. The average molecular weight is 289 g/mol. The van der Waals surface area contributed by atoms with Gasteiger partial charge in [0.2, 0.25) is 0 Å². The molecule has 1 saturated heterocycles. The molecule has 2 aliphatic rings. The Morgan fingerprint density at radius 3 is 2.95 bits per heavy atom. The van der Waals surface area contributed by atoms with Crippen LogP contribution in [0.5, 0.6) is 0 Å². The predicted molar refractivity (Wildman–Crippen MR) is 85.2 cm³/mol. The molecular formula is C17H27N3O. The first-order valence-electron chi connectivity index (χ1n) is 8.37. The highest BCUT2D eigenvalue weighted by molar-refractivity contribution is 5.31. The van der Waals surface area contributed by atoms with Crippen LogP contribution >= 0.6 is 0 Å². The van der Waals surface area contributed by atoms with Crippen molar-refractivity contribution in [3.8, 4) is 0 Å². The first-order valence-corrected chi connectivity index (χ1v) is 8.37. The third-order valence-electron chi connectivity index (χ3n) is 4.86. The second-order valence-electron chi connectivity index (χ2n) is 6.41. The van der Waals surface area contributed by atoms with E-state index in [1.807, 2.05) is 6.07 Å². The molecule has 1 aliphatic heterocycles. The smallest absolute Gasteiger partial charge is 0.123 e. The second kappa shape index (κ2) is 7.23. The lowest BCUT2D eigenvalue weighted by Gasteiger charge is -2.40. The molecule has 0 unspecified atom stereocenters. The lowest BCUT2D eigenvalue weighted by atomic mass is 9.93. The fraction of sp³-hybridized carbons (Fsp3) is 0.706. The Labute approximate surface area is 127 Å². The molecule has 2 heterocycles. The van der Waals surface area contributed by atoms with Crippen molar-refractivity contribution in [2.24, 2.45) is 0 Å². The molecule has 1 aromatic rings. The number of rotatable bonds is 4. The number of nitrogens with zero attached hydrogens (tertiary/aromatic N) is 2. The third-order valence-corrected chi connectivity index (χ3v) is 4.86. The lowest BCUT2D eigenvalue weighted by Crippen LogP contribution is -2.48. The fourth-order valence-corrected chi connectivity index (χ4v) is 3.67. The van der Waals surface area contributed by atoms with E-state index in [2.05, 4.69) is 16.0 Å². The Balaban J connectivity index is 1.49. The van der Waals surface area contributed by atoms with Gasteiger partial charge in [0.15, 0.2) is 0 Å². The molecule has 1 aromatic heterocycles. The van der Waals surface area contributed by atoms with Crippen molar-refractivity contribution in [2.75, 3.05) is 25.4 Å². The molecule has 1 aliphatic carbocycles. The number of aryl methyl sites for hydroxylation is 1. The summed E-state index contributed by atoms with van der Waals surface area (Å²) in [6.07, 6.45) is 11.3. The van der Waals surface area contributed by atoms with Gasteiger partial charge in [-0.1, -0.05) is 19.3 Å². The van der Waals surface area contributed by atoms with Crippen molar-refractivity contribution in [1.82, 2.24) is 9.88 Å². The van der Waals surface area contributed by atoms with Crippen LogP contribution < -0.4 is 5.73 Å². The number of aromatic nitrogens is 1. The second-order valence-corrected chi connectivity index (χ2v) is 6.41. The largest absolute Gasteiger partial charge is 0.384 e. The SMILES string of the molecule is Nc1cc(CC[C@H]2CN(C3CCCCC3)CCO2)ccn1. The molecule has 2 N–H and O–H groups in total. The van der Waals surface area contributed by atoms with Gasteiger partial charge in [-0.3, -0.25) is 4.90 Å². The molecule has 0 aromatic carbocycles. The number of nitrogen functional groups attached to an aromatic ring is 1. The molecule has 0 amide bonds. The Morgan fingerprint density at radius 1 is 1.29 bits per heavy atom. The summed E-state index contributed by atoms with van der Waals surface area (Å²) in [5.41, 5.74) is 7.00. The van der Waals surface area contributed by atoms with Crippen LogP contribution in [0, 0.1) is 0 Å². The highest BCUT2D eigenvalue weighted by Gasteiger charge is 2.27. The van der Waals surface area contributed by atoms with Gasteiger partial charge in [0.1, 0.15) is 5.82 Å². The van der Waals surface area contributed by atoms with E-state index in [4.69, 9.17) is 10.5 Å². The molecule has 4 heteroatoms. The van der Waals surface area contributed by atoms with Crippen molar-refractivity contribution in [3.63, 3.8) is 0 Å². The summed E-state index contributed by atoms with van der Waals surface area (Å²) in [6.45, 7) is 3.11. The molecule has 0 radical (unpaired) electrons. The van der Waals surface area contributed by atoms with Gasteiger partial charge in [-0.25, -0.2) is 4.98 Å². The van der Waals surface area contributed by atoms with E-state index in [1.54, 1.807) is 6.20 Å². The number of morpholine rings is 1. The van der Waals surface area contributed by atoms with Crippen LogP contribution in [0.15, 0.2) is 18.3 Å². The van der Waals surface area contributed by atoms with Crippen LogP contribution in [-0.4, -0.2) is 41.7 Å². The molecule has 0 spiro atoms. The molecule has 1 saturated carbocycles. The van der Waals surface area contributed by atoms with Gasteiger partial charge in [0.25, 0.3) is 0 Å². The van der Waals surface area contributed by atoms with Crippen LogP contribution in [0.25, 0.3) is 0 Å². The van der Waals surface area contributed by atoms with E-state index in [1.165, 1.54) is 37.7 Å². The topological polar surface area (TPSA) is 51.4 Å². The van der Waals surface area contributed by atoms with Gasteiger partial charge in [-0.15, -0.1) is 0 Å². The number of ether oxygens (including phenoxy) is 1. The minimum absolute atomic E-state index is 0.370. The number of anilines is 1. The summed E-state index contributed by atoms with van der Waals surface area (Å²) in [5, 5.41) is 0. The summed E-state index contributed by atoms with van der Waals surface area (Å²) in [6, 6.07) is 4.83. The highest BCUT2D eigenvalue weighted by Crippen LogP contribution is 2.25. The zero-order chi connectivity index (χ0) is 14.5. The molecule has 0 bridgehead atoms. The standard InChI is InChI=1S/C17H27N3O/c18-17-12-14(8-9-19-17)6-7-16-13-20(10-11-21-16)15-4-2-1-3-5-15/h8-9,12,15-16H,1-7,10-11,13H2,(H2,18,19)/t16-/m0/s1. The molecule has 116 valence electrons. The monoisotopic (exact) mass is 289 g/mol. The molecule has 1 atom stereocenters. The third kappa shape index (κ3) is 4.17. The van der Waals surface area contributed by atoms with Crippen LogP contribution in [-0.2, 0) is 11.2 Å². The van der Waals surface area contributed by atoms with Gasteiger partial charge >= 0.3 is 0 Å². The Kier molecular flexibility index (Phi) is 5.09. The van der Waals surface area contributed by atoms with Crippen molar-refractivity contribution in [2.45, 2.75) is 57.1 Å². The summed E-state index contributed by atoms with van der Waals surface area (Å²) in [7, 11) is 0. The average Bonchev–Trinajstić information content (AvgIpc) is 2.54. The van der Waals surface area contributed by atoms with Crippen molar-refractivity contribution >= 4 is 5.82 Å². The Morgan fingerprint density at radius 2 is 2.14 bits per heavy atom. The first-order chi connectivity index (χ1) is 10.3. The van der Waals surface area contributed by atoms with Gasteiger partial charge in [-0.2, -0.15) is 0 Å². The normalized spacial score (nSPS) is 25.0. The maximum absolute atomic E-state index is 5.96. The van der Waals surface area contributed by atoms with Crippen LogP contribution in [0.2, 0.25) is 0 Å². The predicted octanol–water partition coefficient (Wildman–Crippen LogP) is 2.63. The lowest BCUT2D eigenvalue weighted by molar-refractivity contribution is -0.0509. The van der Waals surface area contributed by atoms with Gasteiger partial charge < -0.3 is 10.5 Å². The summed E-state index contributed by atoms with van der Waals surface area (Å²) < 4.78 is 5.96. The van der Waals surface area contributed by atoms with E-state index in [0.717, 1.165) is 38.6 Å². The quantitative estimate of drug-likeness (QED) is 0.926. The van der Waals surface area contributed by atoms with Crippen molar-refractivity contribution in [3.05, 3.63) is 23.9 Å². The van der Waals surface area contributed by atoms with E-state index in [9.17, 15) is 0 Å².